The third kappa shape index (κ3) is 4.51. The number of nitrogens with one attached hydrogen (secondary N) is 1. The second-order valence-corrected chi connectivity index (χ2v) is 3.80. The minimum Gasteiger partial charge on any atom is -0.481 e. The number of carboxylic acid groups (broad SMARTS) is 1. The summed E-state index contributed by atoms with van der Waals surface area (Å²) in [5, 5.41) is 20.4. The Balaban J connectivity index is 2.48. The van der Waals surface area contributed by atoms with E-state index in [1.165, 1.54) is 0 Å². The van der Waals surface area contributed by atoms with Gasteiger partial charge in [-0.15, -0.1) is 0 Å². The molecule has 0 amide bonds. The highest BCUT2D eigenvalue weighted by atomic mass is 16.4. The zero-order valence-electron chi connectivity index (χ0n) is 9.68. The molecule has 0 aliphatic heterocycles. The zero-order valence-corrected chi connectivity index (χ0v) is 9.68. The molecule has 2 N–H and O–H groups in total. The summed E-state index contributed by atoms with van der Waals surface area (Å²) in [5.74, 6) is -0.681. The van der Waals surface area contributed by atoms with E-state index in [0.29, 0.717) is 12.2 Å². The van der Waals surface area contributed by atoms with Gasteiger partial charge in [-0.1, -0.05) is 13.3 Å². The molecule has 0 aliphatic carbocycles. The summed E-state index contributed by atoms with van der Waals surface area (Å²) in [6.07, 6.45) is 2.54. The average Bonchev–Trinajstić information content (AvgIpc) is 2.34. The Morgan fingerprint density at radius 2 is 2.41 bits per heavy atom. The lowest BCUT2D eigenvalue weighted by molar-refractivity contribution is -0.138. The fourth-order valence-electron chi connectivity index (χ4n) is 1.43. The number of carboxylic acids is 1. The number of nitriles is 1. The van der Waals surface area contributed by atoms with Crippen molar-refractivity contribution >= 4 is 11.7 Å². The molecule has 0 radical (unpaired) electrons. The Hall–Kier alpha value is -2.09. The van der Waals surface area contributed by atoms with Crippen LogP contribution in [0.25, 0.3) is 0 Å². The van der Waals surface area contributed by atoms with Gasteiger partial charge < -0.3 is 10.4 Å². The van der Waals surface area contributed by atoms with Crippen molar-refractivity contribution in [2.45, 2.75) is 19.8 Å². The van der Waals surface area contributed by atoms with Gasteiger partial charge in [0.05, 0.1) is 11.9 Å². The van der Waals surface area contributed by atoms with E-state index in [9.17, 15) is 4.79 Å². The quantitative estimate of drug-likeness (QED) is 0.783. The Bertz CT molecular complexity index is 409. The van der Waals surface area contributed by atoms with Gasteiger partial charge in [0.15, 0.2) is 0 Å². The van der Waals surface area contributed by atoms with Crippen molar-refractivity contribution in [3.8, 4) is 6.07 Å². The summed E-state index contributed by atoms with van der Waals surface area (Å²) >= 11 is 0. The summed E-state index contributed by atoms with van der Waals surface area (Å²) in [6.45, 7) is 2.56. The van der Waals surface area contributed by atoms with Crippen LogP contribution in [0, 0.1) is 17.2 Å². The van der Waals surface area contributed by atoms with Crippen LogP contribution in [0.5, 0.6) is 0 Å². The molecule has 0 saturated heterocycles. The molecule has 1 aromatic heterocycles. The van der Waals surface area contributed by atoms with Gasteiger partial charge in [-0.05, 0) is 18.1 Å². The van der Waals surface area contributed by atoms with Crippen molar-refractivity contribution in [2.75, 3.05) is 11.9 Å². The lowest BCUT2D eigenvalue weighted by atomic mass is 10.0. The number of aliphatic carboxylic acids is 1. The van der Waals surface area contributed by atoms with Gasteiger partial charge >= 0.3 is 5.97 Å². The van der Waals surface area contributed by atoms with Crippen molar-refractivity contribution in [3.63, 3.8) is 0 Å². The van der Waals surface area contributed by atoms with Gasteiger partial charge in [-0.25, -0.2) is 4.98 Å². The first-order valence-electron chi connectivity index (χ1n) is 5.47. The van der Waals surface area contributed by atoms with E-state index in [2.05, 4.69) is 10.3 Å². The Kier molecular flexibility index (Phi) is 4.95. The Morgan fingerprint density at radius 3 is 2.88 bits per heavy atom. The minimum absolute atomic E-state index is 0.100. The zero-order chi connectivity index (χ0) is 12.7. The van der Waals surface area contributed by atoms with E-state index in [0.717, 1.165) is 12.1 Å². The minimum atomic E-state index is -0.781. The number of carbonyl (C=O) groups is 1. The molecule has 5 heteroatoms. The highest BCUT2D eigenvalue weighted by molar-refractivity contribution is 5.67. The second-order valence-electron chi connectivity index (χ2n) is 3.80. The van der Waals surface area contributed by atoms with Crippen LogP contribution in [0.4, 0.5) is 5.69 Å². The van der Waals surface area contributed by atoms with Gasteiger partial charge in [0, 0.05) is 13.0 Å². The Morgan fingerprint density at radius 1 is 1.65 bits per heavy atom. The van der Waals surface area contributed by atoms with Crippen LogP contribution in [0.2, 0.25) is 0 Å². The molecule has 90 valence electrons. The largest absolute Gasteiger partial charge is 0.481 e. The maximum atomic E-state index is 10.6. The molecular weight excluding hydrogens is 218 g/mol. The molecule has 17 heavy (non-hydrogen) atoms. The number of anilines is 1. The third-order valence-electron chi connectivity index (χ3n) is 2.51. The summed E-state index contributed by atoms with van der Waals surface area (Å²) in [5.41, 5.74) is 1.17. The lowest BCUT2D eigenvalue weighted by Crippen LogP contribution is -2.17. The highest BCUT2D eigenvalue weighted by Crippen LogP contribution is 2.11. The SMILES string of the molecule is CCC(CNc1ccc(C#N)nc1)CC(=O)O. The average molecular weight is 233 g/mol. The molecule has 1 atom stereocenters. The van der Waals surface area contributed by atoms with E-state index in [-0.39, 0.29) is 12.3 Å². The molecule has 0 bridgehead atoms. The van der Waals surface area contributed by atoms with Gasteiger partial charge in [-0.3, -0.25) is 4.79 Å². The third-order valence-corrected chi connectivity index (χ3v) is 2.51. The fraction of sp³-hybridized carbons (Fsp3) is 0.417. The number of hydrogen-bond acceptors (Lipinski definition) is 4. The maximum Gasteiger partial charge on any atom is 0.303 e. The van der Waals surface area contributed by atoms with E-state index < -0.39 is 5.97 Å². The van der Waals surface area contributed by atoms with Crippen LogP contribution >= 0.6 is 0 Å². The number of aromatic nitrogens is 1. The first-order chi connectivity index (χ1) is 8.15. The second kappa shape index (κ2) is 6.48. The number of nitrogens with zero attached hydrogens (tertiary/aromatic N) is 2. The van der Waals surface area contributed by atoms with E-state index in [1.54, 1.807) is 18.3 Å². The fourth-order valence-corrected chi connectivity index (χ4v) is 1.43. The van der Waals surface area contributed by atoms with Crippen molar-refractivity contribution in [3.05, 3.63) is 24.0 Å². The van der Waals surface area contributed by atoms with Crippen LogP contribution < -0.4 is 5.32 Å². The van der Waals surface area contributed by atoms with Crippen LogP contribution in [-0.4, -0.2) is 22.6 Å². The molecule has 1 heterocycles. The molecule has 1 aromatic rings. The lowest BCUT2D eigenvalue weighted by Gasteiger charge is -2.14. The number of pyridine rings is 1. The topological polar surface area (TPSA) is 86.0 Å². The first-order valence-corrected chi connectivity index (χ1v) is 5.47. The molecule has 0 aromatic carbocycles. The van der Waals surface area contributed by atoms with Crippen LogP contribution in [-0.2, 0) is 4.79 Å². The maximum absolute atomic E-state index is 10.6. The summed E-state index contributed by atoms with van der Waals surface area (Å²) in [6, 6.07) is 5.33. The standard InChI is InChI=1S/C12H15N3O2/c1-2-9(5-12(16)17)7-14-11-4-3-10(6-13)15-8-11/h3-4,8-9,14H,2,5,7H2,1H3,(H,16,17). The van der Waals surface area contributed by atoms with Crippen LogP contribution in [0.1, 0.15) is 25.5 Å². The predicted octanol–water partition coefficient (Wildman–Crippen LogP) is 1.87. The van der Waals surface area contributed by atoms with Crippen LogP contribution in [0.15, 0.2) is 18.3 Å². The molecule has 1 rings (SSSR count). The number of hydrogen-bond donors (Lipinski definition) is 2. The summed E-state index contributed by atoms with van der Waals surface area (Å²) in [4.78, 5) is 14.5. The monoisotopic (exact) mass is 233 g/mol. The molecule has 1 unspecified atom stereocenters. The molecule has 0 aliphatic rings. The van der Waals surface area contributed by atoms with Gasteiger partial charge in [0.25, 0.3) is 0 Å². The van der Waals surface area contributed by atoms with Crippen LogP contribution in [0.3, 0.4) is 0 Å². The van der Waals surface area contributed by atoms with Crippen molar-refractivity contribution < 1.29 is 9.90 Å². The van der Waals surface area contributed by atoms with Crippen molar-refractivity contribution in [1.29, 1.82) is 5.26 Å². The first kappa shape index (κ1) is 13.0. The van der Waals surface area contributed by atoms with Gasteiger partial charge in [0.2, 0.25) is 0 Å². The van der Waals surface area contributed by atoms with E-state index >= 15 is 0 Å². The van der Waals surface area contributed by atoms with E-state index in [1.807, 2.05) is 13.0 Å². The van der Waals surface area contributed by atoms with Crippen molar-refractivity contribution in [1.82, 2.24) is 4.98 Å². The molecule has 0 fully saturated rings. The highest BCUT2D eigenvalue weighted by Gasteiger charge is 2.10. The Labute approximate surface area is 100 Å². The van der Waals surface area contributed by atoms with Crippen molar-refractivity contribution in [2.24, 2.45) is 5.92 Å². The molecule has 0 saturated carbocycles. The van der Waals surface area contributed by atoms with Gasteiger partial charge in [0.1, 0.15) is 11.8 Å². The van der Waals surface area contributed by atoms with E-state index in [4.69, 9.17) is 10.4 Å². The molecule has 0 spiro atoms. The normalized spacial score (nSPS) is 11.5. The van der Waals surface area contributed by atoms with Gasteiger partial charge in [-0.2, -0.15) is 5.26 Å². The summed E-state index contributed by atoms with van der Waals surface area (Å²) < 4.78 is 0. The molecular formula is C12H15N3O2. The summed E-state index contributed by atoms with van der Waals surface area (Å²) in [7, 11) is 0. The predicted molar refractivity (Wildman–Crippen MR) is 63.5 cm³/mol. The number of rotatable bonds is 6. The smallest absolute Gasteiger partial charge is 0.303 e. The molecule has 5 nitrogen and oxygen atoms in total.